The average Bonchev–Trinajstić information content (AvgIpc) is 3.26. The van der Waals surface area contributed by atoms with Crippen LogP contribution < -0.4 is 20.2 Å². The molecule has 5 rings (SSSR count). The van der Waals surface area contributed by atoms with E-state index in [1.54, 1.807) is 42.7 Å². The molecule has 1 fully saturated rings. The summed E-state index contributed by atoms with van der Waals surface area (Å²) in [5.41, 5.74) is 1.66. The van der Waals surface area contributed by atoms with Crippen molar-refractivity contribution in [1.29, 1.82) is 0 Å². The first kappa shape index (κ1) is 20.1. The van der Waals surface area contributed by atoms with Crippen molar-refractivity contribution in [3.8, 4) is 17.2 Å². The third-order valence-corrected chi connectivity index (χ3v) is 4.95. The quantitative estimate of drug-likeness (QED) is 0.443. The minimum Gasteiger partial charge on any atom is -0.471 e. The van der Waals surface area contributed by atoms with Crippen LogP contribution in [0.2, 0.25) is 0 Å². The molecule has 2 amide bonds. The first-order chi connectivity index (χ1) is 15.3. The molecule has 3 atom stereocenters. The number of rotatable bonds is 4. The second-order valence-electron chi connectivity index (χ2n) is 7.10. The van der Waals surface area contributed by atoms with Crippen molar-refractivity contribution in [2.45, 2.75) is 18.4 Å². The Morgan fingerprint density at radius 3 is 2.59 bits per heavy atom. The number of carbonyl (C=O) groups is 1. The molecule has 7 nitrogen and oxygen atoms in total. The second kappa shape index (κ2) is 7.38. The van der Waals surface area contributed by atoms with E-state index >= 15 is 0 Å². The lowest BCUT2D eigenvalue weighted by Crippen LogP contribution is -2.36. The number of nitrogens with zero attached hydrogens (tertiary/aromatic N) is 2. The Hall–Kier alpha value is -3.86. The highest BCUT2D eigenvalue weighted by molar-refractivity contribution is 5.89. The van der Waals surface area contributed by atoms with Crippen molar-refractivity contribution in [2.24, 2.45) is 0 Å². The van der Waals surface area contributed by atoms with Gasteiger partial charge in [0.25, 0.3) is 0 Å². The fourth-order valence-corrected chi connectivity index (χ4v) is 3.46. The number of hydrogen-bond acceptors (Lipinski definition) is 5. The van der Waals surface area contributed by atoms with Crippen molar-refractivity contribution >= 4 is 11.7 Å². The van der Waals surface area contributed by atoms with Crippen LogP contribution in [0.3, 0.4) is 0 Å². The van der Waals surface area contributed by atoms with Crippen molar-refractivity contribution in [3.05, 3.63) is 77.9 Å². The molecule has 2 N–H and O–H groups in total. The number of urea groups is 1. The predicted octanol–water partition coefficient (Wildman–Crippen LogP) is 4.84. The molecule has 3 heterocycles. The Labute approximate surface area is 178 Å². The van der Waals surface area contributed by atoms with Gasteiger partial charge in [0.1, 0.15) is 29.1 Å². The van der Waals surface area contributed by atoms with Crippen LogP contribution in [0.15, 0.2) is 60.9 Å². The molecule has 0 aliphatic carbocycles. The van der Waals surface area contributed by atoms with Crippen LogP contribution in [0.1, 0.15) is 17.2 Å². The van der Waals surface area contributed by atoms with Crippen molar-refractivity contribution < 1.29 is 31.8 Å². The van der Waals surface area contributed by atoms with Gasteiger partial charge in [-0.15, -0.1) is 0 Å². The number of hydrogen-bond donors (Lipinski definition) is 2. The monoisotopic (exact) mass is 446 g/mol. The van der Waals surface area contributed by atoms with Crippen LogP contribution in [-0.4, -0.2) is 22.3 Å². The molecule has 1 aromatic heterocycles. The average molecular weight is 446 g/mol. The normalized spacial score (nSPS) is 20.6. The zero-order valence-electron chi connectivity index (χ0n) is 16.1. The zero-order valence-corrected chi connectivity index (χ0v) is 16.1. The van der Waals surface area contributed by atoms with Gasteiger partial charge < -0.3 is 14.8 Å². The summed E-state index contributed by atoms with van der Waals surface area (Å²) in [6.45, 7) is 0. The maximum Gasteiger partial charge on any atom is 0.419 e. The van der Waals surface area contributed by atoms with E-state index in [0.29, 0.717) is 29.4 Å². The maximum atomic E-state index is 13.4. The van der Waals surface area contributed by atoms with Gasteiger partial charge in [0, 0.05) is 23.6 Å². The van der Waals surface area contributed by atoms with E-state index in [2.05, 4.69) is 15.7 Å². The van der Waals surface area contributed by atoms with E-state index < -0.39 is 29.8 Å². The van der Waals surface area contributed by atoms with Gasteiger partial charge >= 0.3 is 12.2 Å². The first-order valence-electron chi connectivity index (χ1n) is 9.41. The summed E-state index contributed by atoms with van der Waals surface area (Å²) < 4.78 is 63.5. The molecule has 0 radical (unpaired) electrons. The Bertz CT molecular complexity index is 1190. The van der Waals surface area contributed by atoms with E-state index in [0.717, 1.165) is 11.6 Å². The Balaban J connectivity index is 1.24. The van der Waals surface area contributed by atoms with Gasteiger partial charge in [0.15, 0.2) is 6.23 Å². The summed E-state index contributed by atoms with van der Waals surface area (Å²) in [4.78, 5) is 16.2. The van der Waals surface area contributed by atoms with Gasteiger partial charge in [-0.2, -0.15) is 18.2 Å². The van der Waals surface area contributed by atoms with E-state index in [1.165, 1.54) is 5.01 Å². The summed E-state index contributed by atoms with van der Waals surface area (Å²) in [5, 5.41) is 3.77. The summed E-state index contributed by atoms with van der Waals surface area (Å²) >= 11 is 0. The van der Waals surface area contributed by atoms with Crippen LogP contribution >= 0.6 is 0 Å². The smallest absolute Gasteiger partial charge is 0.419 e. The van der Waals surface area contributed by atoms with Crippen LogP contribution in [0.5, 0.6) is 17.2 Å². The number of ether oxygens (including phenoxy) is 2. The van der Waals surface area contributed by atoms with E-state index in [9.17, 15) is 22.4 Å². The number of aromatic nitrogens is 1. The fourth-order valence-electron chi connectivity index (χ4n) is 3.46. The number of amides is 2. The number of benzene rings is 2. The second-order valence-corrected chi connectivity index (χ2v) is 7.10. The molecule has 3 aromatic rings. The molecular formula is C21H14F4N4O3. The Kier molecular flexibility index (Phi) is 4.63. The number of alkyl halides is 3. The van der Waals surface area contributed by atoms with Gasteiger partial charge in [-0.1, -0.05) is 0 Å². The summed E-state index contributed by atoms with van der Waals surface area (Å²) in [6.07, 6.45) is -2.11. The molecule has 32 heavy (non-hydrogen) atoms. The minimum atomic E-state index is -4.87. The fraction of sp³-hybridized carbons (Fsp3) is 0.143. The largest absolute Gasteiger partial charge is 0.471 e. The highest BCUT2D eigenvalue weighted by Crippen LogP contribution is 2.53. The van der Waals surface area contributed by atoms with Gasteiger partial charge in [0.2, 0.25) is 0 Å². The van der Waals surface area contributed by atoms with E-state index in [-0.39, 0.29) is 11.7 Å². The molecular weight excluding hydrogens is 432 g/mol. The number of hydrazine groups is 1. The highest BCUT2D eigenvalue weighted by atomic mass is 19.4. The molecule has 0 saturated carbocycles. The lowest BCUT2D eigenvalue weighted by Gasteiger charge is -2.15. The van der Waals surface area contributed by atoms with Crippen molar-refractivity contribution in [3.63, 3.8) is 0 Å². The van der Waals surface area contributed by atoms with Crippen LogP contribution in [0, 0.1) is 5.82 Å². The minimum absolute atomic E-state index is 0.197. The maximum absolute atomic E-state index is 13.4. The zero-order chi connectivity index (χ0) is 22.5. The number of nitrogens with one attached hydrogen (secondary N) is 2. The molecule has 1 unspecified atom stereocenters. The third kappa shape index (κ3) is 3.78. The summed E-state index contributed by atoms with van der Waals surface area (Å²) in [5.74, 6) is 0.409. The number of pyridine rings is 1. The molecule has 0 bridgehead atoms. The highest BCUT2D eigenvalue weighted by Gasteiger charge is 2.58. The van der Waals surface area contributed by atoms with Crippen LogP contribution in [0.4, 0.5) is 28.0 Å². The van der Waals surface area contributed by atoms with Crippen molar-refractivity contribution in [1.82, 2.24) is 15.4 Å². The van der Waals surface area contributed by atoms with Gasteiger partial charge in [0.05, 0.1) is 5.56 Å². The molecule has 164 valence electrons. The lowest BCUT2D eigenvalue weighted by molar-refractivity contribution is -0.139. The first-order valence-corrected chi connectivity index (χ1v) is 9.41. The Morgan fingerprint density at radius 1 is 1.06 bits per heavy atom. The number of carbonyl (C=O) groups excluding carboxylic acids is 1. The SMILES string of the molecule is O=C(Nc1ccc(F)c(C(F)(F)F)c1)NN1[C@@H]2c3cc(Oc4ccncc4)ccc3O[C@@H]21. The predicted molar refractivity (Wildman–Crippen MR) is 103 cm³/mol. The van der Waals surface area contributed by atoms with Crippen molar-refractivity contribution in [2.75, 3.05) is 5.32 Å². The van der Waals surface area contributed by atoms with Crippen LogP contribution in [0.25, 0.3) is 0 Å². The van der Waals surface area contributed by atoms with Gasteiger partial charge in [-0.25, -0.2) is 9.18 Å². The number of fused-ring (bicyclic) bond motifs is 3. The topological polar surface area (TPSA) is 75.5 Å². The van der Waals surface area contributed by atoms with Gasteiger partial charge in [-0.3, -0.25) is 10.4 Å². The standard InChI is InChI=1S/C21H14F4N4O3/c22-16-3-1-11(9-15(16)21(23,24)25)27-20(30)28-29-18-14-10-13(2-4-17(14)32-19(18)29)31-12-5-7-26-8-6-12/h1-10,18-19H,(H2,27,28,30)/t18-,19+,29?/m1/s1. The Morgan fingerprint density at radius 2 is 1.84 bits per heavy atom. The molecule has 0 spiro atoms. The van der Waals surface area contributed by atoms with Crippen LogP contribution in [-0.2, 0) is 6.18 Å². The molecule has 2 aromatic carbocycles. The number of anilines is 1. The molecule has 11 heteroatoms. The summed E-state index contributed by atoms with van der Waals surface area (Å²) in [6, 6.07) is 9.89. The van der Waals surface area contributed by atoms with Gasteiger partial charge in [-0.05, 0) is 48.5 Å². The lowest BCUT2D eigenvalue weighted by atomic mass is 10.1. The van der Waals surface area contributed by atoms with E-state index in [4.69, 9.17) is 9.47 Å². The third-order valence-electron chi connectivity index (χ3n) is 4.95. The summed E-state index contributed by atoms with van der Waals surface area (Å²) in [7, 11) is 0. The molecule has 2 aliphatic heterocycles. The van der Waals surface area contributed by atoms with E-state index in [1.807, 2.05) is 0 Å². The number of halogens is 4. The molecule has 1 saturated heterocycles. The molecule has 2 aliphatic rings.